The van der Waals surface area contributed by atoms with Crippen molar-refractivity contribution in [2.45, 2.75) is 13.8 Å². The van der Waals surface area contributed by atoms with Crippen LogP contribution in [0.4, 0.5) is 17.5 Å². The summed E-state index contributed by atoms with van der Waals surface area (Å²) in [4.78, 5) is 7.67. The fourth-order valence-corrected chi connectivity index (χ4v) is 1.83. The van der Waals surface area contributed by atoms with Gasteiger partial charge >= 0.3 is 0 Å². The number of anilines is 3. The van der Waals surface area contributed by atoms with Crippen LogP contribution in [0.15, 0.2) is 12.1 Å². The fraction of sp³-hybridized carbons (Fsp3) is 0.154. The van der Waals surface area contributed by atoms with Crippen LogP contribution in [0.2, 0.25) is 0 Å². The second-order valence-electron chi connectivity index (χ2n) is 4.34. The minimum atomic E-state index is -0.0179. The Morgan fingerprint density at radius 1 is 1.10 bits per heavy atom. The van der Waals surface area contributed by atoms with Crippen LogP contribution in [0.1, 0.15) is 16.7 Å². The van der Waals surface area contributed by atoms with Crippen molar-refractivity contribution in [3.05, 3.63) is 28.8 Å². The molecular weight excluding hydrogens is 256 g/mol. The molecule has 2 rings (SSSR count). The third-order valence-corrected chi connectivity index (χ3v) is 2.75. The van der Waals surface area contributed by atoms with E-state index in [0.717, 1.165) is 11.1 Å². The van der Waals surface area contributed by atoms with E-state index < -0.39 is 0 Å². The van der Waals surface area contributed by atoms with Gasteiger partial charge in [-0.2, -0.15) is 15.2 Å². The summed E-state index contributed by atoms with van der Waals surface area (Å²) >= 11 is 0. The SMILES string of the molecule is Cc1cc(C#N)cc(C)c1Oc1nc(N)nc(N)c1N. The molecule has 0 spiro atoms. The average Bonchev–Trinajstić information content (AvgIpc) is 2.38. The Bertz CT molecular complexity index is 697. The van der Waals surface area contributed by atoms with Gasteiger partial charge in [0, 0.05) is 0 Å². The highest BCUT2D eigenvalue weighted by Crippen LogP contribution is 2.33. The lowest BCUT2D eigenvalue weighted by molar-refractivity contribution is 0.458. The number of nitrogen functional groups attached to an aromatic ring is 3. The van der Waals surface area contributed by atoms with Gasteiger partial charge in [-0.05, 0) is 37.1 Å². The molecule has 0 aliphatic carbocycles. The van der Waals surface area contributed by atoms with E-state index >= 15 is 0 Å². The second-order valence-corrected chi connectivity index (χ2v) is 4.34. The molecule has 0 saturated heterocycles. The predicted octanol–water partition coefficient (Wildman–Crippen LogP) is 1.50. The first-order valence-electron chi connectivity index (χ1n) is 5.80. The molecule has 0 radical (unpaired) electrons. The number of aryl methyl sites for hydroxylation is 2. The Labute approximate surface area is 116 Å². The molecule has 6 N–H and O–H groups in total. The summed E-state index contributed by atoms with van der Waals surface area (Å²) in [6.07, 6.45) is 0. The van der Waals surface area contributed by atoms with Crippen LogP contribution >= 0.6 is 0 Å². The zero-order valence-electron chi connectivity index (χ0n) is 11.1. The summed E-state index contributed by atoms with van der Waals surface area (Å²) in [5.74, 6) is 0.714. The average molecular weight is 270 g/mol. The lowest BCUT2D eigenvalue weighted by Gasteiger charge is -2.13. The standard InChI is InChI=1S/C13H14N6O/c1-6-3-8(5-14)4-7(2)10(6)20-12-9(15)11(16)18-13(17)19-12/h3-4H,15H2,1-2H3,(H4,16,17,18,19). The van der Waals surface area contributed by atoms with Crippen LogP contribution in [-0.4, -0.2) is 9.97 Å². The van der Waals surface area contributed by atoms with Gasteiger partial charge in [0.1, 0.15) is 11.4 Å². The molecule has 1 heterocycles. The molecular formula is C13H14N6O. The van der Waals surface area contributed by atoms with E-state index in [-0.39, 0.29) is 23.3 Å². The maximum absolute atomic E-state index is 8.92. The van der Waals surface area contributed by atoms with Gasteiger partial charge in [0.05, 0.1) is 11.6 Å². The van der Waals surface area contributed by atoms with Crippen LogP contribution in [0.25, 0.3) is 0 Å². The lowest BCUT2D eigenvalue weighted by Crippen LogP contribution is -2.07. The Morgan fingerprint density at radius 3 is 2.25 bits per heavy atom. The predicted molar refractivity (Wildman–Crippen MR) is 76.0 cm³/mol. The van der Waals surface area contributed by atoms with Crippen molar-refractivity contribution in [3.8, 4) is 17.7 Å². The maximum Gasteiger partial charge on any atom is 0.249 e. The highest BCUT2D eigenvalue weighted by Gasteiger charge is 2.14. The molecule has 0 saturated carbocycles. The molecule has 0 atom stereocenters. The van der Waals surface area contributed by atoms with Gasteiger partial charge in [0.15, 0.2) is 5.82 Å². The molecule has 0 bridgehead atoms. The van der Waals surface area contributed by atoms with Gasteiger partial charge in [0.2, 0.25) is 11.8 Å². The summed E-state index contributed by atoms with van der Waals surface area (Å²) in [7, 11) is 0. The summed E-state index contributed by atoms with van der Waals surface area (Å²) in [5.41, 5.74) is 19.2. The van der Waals surface area contributed by atoms with E-state index in [1.807, 2.05) is 13.8 Å². The van der Waals surface area contributed by atoms with Crippen molar-refractivity contribution in [2.24, 2.45) is 0 Å². The van der Waals surface area contributed by atoms with Gasteiger partial charge in [-0.1, -0.05) is 0 Å². The third kappa shape index (κ3) is 2.40. The lowest BCUT2D eigenvalue weighted by atomic mass is 10.1. The number of benzene rings is 1. The molecule has 1 aromatic carbocycles. The molecule has 7 nitrogen and oxygen atoms in total. The maximum atomic E-state index is 8.92. The minimum Gasteiger partial charge on any atom is -0.436 e. The van der Waals surface area contributed by atoms with E-state index in [0.29, 0.717) is 11.3 Å². The number of nitriles is 1. The number of rotatable bonds is 2. The molecule has 1 aromatic heterocycles. The van der Waals surface area contributed by atoms with Gasteiger partial charge in [-0.3, -0.25) is 0 Å². The Kier molecular flexibility index (Phi) is 3.31. The van der Waals surface area contributed by atoms with Crippen molar-refractivity contribution < 1.29 is 4.74 Å². The van der Waals surface area contributed by atoms with Crippen molar-refractivity contribution >= 4 is 17.5 Å². The van der Waals surface area contributed by atoms with Gasteiger partial charge in [0.25, 0.3) is 0 Å². The molecule has 102 valence electrons. The first-order chi connectivity index (χ1) is 9.42. The molecule has 7 heteroatoms. The molecule has 0 aliphatic heterocycles. The number of hydrogen-bond acceptors (Lipinski definition) is 7. The van der Waals surface area contributed by atoms with E-state index in [4.69, 9.17) is 27.2 Å². The van der Waals surface area contributed by atoms with Crippen LogP contribution < -0.4 is 21.9 Å². The molecule has 0 amide bonds. The number of nitrogens with zero attached hydrogens (tertiary/aromatic N) is 3. The summed E-state index contributed by atoms with van der Waals surface area (Å²) in [6.45, 7) is 3.65. The number of ether oxygens (including phenoxy) is 1. The smallest absolute Gasteiger partial charge is 0.249 e. The Morgan fingerprint density at radius 2 is 1.70 bits per heavy atom. The first kappa shape index (κ1) is 13.4. The molecule has 0 fully saturated rings. The highest BCUT2D eigenvalue weighted by atomic mass is 16.5. The molecule has 2 aromatic rings. The van der Waals surface area contributed by atoms with Crippen molar-refractivity contribution in [3.63, 3.8) is 0 Å². The Hall–Kier alpha value is -3.01. The topological polar surface area (TPSA) is 137 Å². The molecule has 0 aliphatic rings. The highest BCUT2D eigenvalue weighted by molar-refractivity contribution is 5.67. The van der Waals surface area contributed by atoms with E-state index in [2.05, 4.69) is 16.0 Å². The van der Waals surface area contributed by atoms with E-state index in [1.165, 1.54) is 0 Å². The quantitative estimate of drug-likeness (QED) is 0.751. The zero-order chi connectivity index (χ0) is 14.9. The summed E-state index contributed by atoms with van der Waals surface area (Å²) in [6, 6.07) is 5.51. The van der Waals surface area contributed by atoms with Crippen molar-refractivity contribution in [1.29, 1.82) is 5.26 Å². The van der Waals surface area contributed by atoms with Crippen LogP contribution in [0, 0.1) is 25.2 Å². The summed E-state index contributed by atoms with van der Waals surface area (Å²) in [5, 5.41) is 8.92. The van der Waals surface area contributed by atoms with Crippen molar-refractivity contribution in [2.75, 3.05) is 17.2 Å². The number of nitrogens with two attached hydrogens (primary N) is 3. The van der Waals surface area contributed by atoms with Gasteiger partial charge < -0.3 is 21.9 Å². The van der Waals surface area contributed by atoms with Crippen LogP contribution in [0.3, 0.4) is 0 Å². The van der Waals surface area contributed by atoms with E-state index in [9.17, 15) is 0 Å². The number of hydrogen-bond donors (Lipinski definition) is 3. The fourth-order valence-electron chi connectivity index (χ4n) is 1.83. The number of aromatic nitrogens is 2. The van der Waals surface area contributed by atoms with Gasteiger partial charge in [-0.25, -0.2) is 0 Å². The normalized spacial score (nSPS) is 10.1. The molecule has 20 heavy (non-hydrogen) atoms. The molecule has 0 unspecified atom stereocenters. The van der Waals surface area contributed by atoms with Gasteiger partial charge in [-0.15, -0.1) is 0 Å². The van der Waals surface area contributed by atoms with E-state index in [1.54, 1.807) is 12.1 Å². The first-order valence-corrected chi connectivity index (χ1v) is 5.80. The monoisotopic (exact) mass is 270 g/mol. The largest absolute Gasteiger partial charge is 0.436 e. The summed E-state index contributed by atoms with van der Waals surface area (Å²) < 4.78 is 5.69. The second kappa shape index (κ2) is 4.93. The van der Waals surface area contributed by atoms with Crippen LogP contribution in [0.5, 0.6) is 11.6 Å². The van der Waals surface area contributed by atoms with Crippen LogP contribution in [-0.2, 0) is 0 Å². The Balaban J connectivity index is 2.49. The van der Waals surface area contributed by atoms with Crippen molar-refractivity contribution in [1.82, 2.24) is 9.97 Å². The third-order valence-electron chi connectivity index (χ3n) is 2.75. The zero-order valence-corrected chi connectivity index (χ0v) is 11.1. The minimum absolute atomic E-state index is 0.0179.